The van der Waals surface area contributed by atoms with Crippen LogP contribution in [0.2, 0.25) is 0 Å². The number of H-pyrrole nitrogens is 1. The Morgan fingerprint density at radius 1 is 1.53 bits per heavy atom. The summed E-state index contributed by atoms with van der Waals surface area (Å²) in [7, 11) is 1.77. The molecule has 0 aliphatic carbocycles. The standard InChI is InChI=1S/C12H14N4O/c1-9-5-10(3-4-13-9)8-16(2)12(17)11-6-14-15-7-11/h3-7H,8H2,1-2H3,(H,14,15). The second-order valence-corrected chi connectivity index (χ2v) is 3.95. The highest BCUT2D eigenvalue weighted by Gasteiger charge is 2.12. The zero-order chi connectivity index (χ0) is 12.3. The Morgan fingerprint density at radius 3 is 3.00 bits per heavy atom. The van der Waals surface area contributed by atoms with Gasteiger partial charge in [0.1, 0.15) is 0 Å². The van der Waals surface area contributed by atoms with E-state index in [1.807, 2.05) is 19.1 Å². The molecule has 2 heterocycles. The maximum Gasteiger partial charge on any atom is 0.257 e. The van der Waals surface area contributed by atoms with Gasteiger partial charge in [0.05, 0.1) is 11.8 Å². The average Bonchev–Trinajstić information content (AvgIpc) is 2.81. The molecule has 1 amide bonds. The lowest BCUT2D eigenvalue weighted by molar-refractivity contribution is 0.0785. The van der Waals surface area contributed by atoms with E-state index in [9.17, 15) is 4.79 Å². The summed E-state index contributed by atoms with van der Waals surface area (Å²) in [5.41, 5.74) is 2.58. The number of nitrogens with zero attached hydrogens (tertiary/aromatic N) is 3. The third-order valence-corrected chi connectivity index (χ3v) is 2.47. The Kier molecular flexibility index (Phi) is 3.18. The molecule has 0 aromatic carbocycles. The first-order valence-corrected chi connectivity index (χ1v) is 5.32. The number of aromatic amines is 1. The highest BCUT2D eigenvalue weighted by Crippen LogP contribution is 2.07. The summed E-state index contributed by atoms with van der Waals surface area (Å²) in [6.07, 6.45) is 4.87. The van der Waals surface area contributed by atoms with Gasteiger partial charge in [0.25, 0.3) is 5.91 Å². The molecule has 5 nitrogen and oxygen atoms in total. The maximum absolute atomic E-state index is 11.9. The molecule has 0 spiro atoms. The molecule has 2 rings (SSSR count). The monoisotopic (exact) mass is 230 g/mol. The summed E-state index contributed by atoms with van der Waals surface area (Å²) in [6, 6.07) is 3.88. The van der Waals surface area contributed by atoms with Crippen molar-refractivity contribution in [2.24, 2.45) is 0 Å². The first kappa shape index (κ1) is 11.3. The van der Waals surface area contributed by atoms with Crippen LogP contribution in [0.25, 0.3) is 0 Å². The van der Waals surface area contributed by atoms with Crippen molar-refractivity contribution in [3.05, 3.63) is 47.5 Å². The number of aromatic nitrogens is 3. The highest BCUT2D eigenvalue weighted by molar-refractivity contribution is 5.93. The lowest BCUT2D eigenvalue weighted by atomic mass is 10.2. The molecule has 0 atom stereocenters. The lowest BCUT2D eigenvalue weighted by Gasteiger charge is -2.16. The van der Waals surface area contributed by atoms with E-state index in [0.29, 0.717) is 12.1 Å². The third kappa shape index (κ3) is 2.69. The Hall–Kier alpha value is -2.17. The lowest BCUT2D eigenvalue weighted by Crippen LogP contribution is -2.25. The van der Waals surface area contributed by atoms with Crippen LogP contribution in [0.4, 0.5) is 0 Å². The van der Waals surface area contributed by atoms with E-state index in [0.717, 1.165) is 11.3 Å². The molecular formula is C12H14N4O. The Balaban J connectivity index is 2.07. The van der Waals surface area contributed by atoms with Crippen LogP contribution in [0.3, 0.4) is 0 Å². The number of amides is 1. The molecule has 0 fully saturated rings. The summed E-state index contributed by atoms with van der Waals surface area (Å²) in [5, 5.41) is 6.40. The molecule has 0 bridgehead atoms. The van der Waals surface area contributed by atoms with Crippen molar-refractivity contribution in [2.75, 3.05) is 7.05 Å². The van der Waals surface area contributed by atoms with E-state index < -0.39 is 0 Å². The largest absolute Gasteiger partial charge is 0.337 e. The van der Waals surface area contributed by atoms with Crippen LogP contribution in [-0.2, 0) is 6.54 Å². The second kappa shape index (κ2) is 4.78. The Labute approximate surface area is 99.5 Å². The molecular weight excluding hydrogens is 216 g/mol. The van der Waals surface area contributed by atoms with Gasteiger partial charge in [-0.3, -0.25) is 14.9 Å². The molecule has 2 aromatic heterocycles. The van der Waals surface area contributed by atoms with Gasteiger partial charge in [-0.2, -0.15) is 5.10 Å². The van der Waals surface area contributed by atoms with Crippen LogP contribution >= 0.6 is 0 Å². The van der Waals surface area contributed by atoms with Gasteiger partial charge in [-0.15, -0.1) is 0 Å². The normalized spacial score (nSPS) is 10.2. The van der Waals surface area contributed by atoms with E-state index in [1.165, 1.54) is 6.20 Å². The molecule has 0 radical (unpaired) electrons. The van der Waals surface area contributed by atoms with E-state index in [4.69, 9.17) is 0 Å². The number of hydrogen-bond acceptors (Lipinski definition) is 3. The molecule has 0 saturated carbocycles. The van der Waals surface area contributed by atoms with Crippen LogP contribution in [0, 0.1) is 6.92 Å². The molecule has 0 aliphatic heterocycles. The molecule has 1 N–H and O–H groups in total. The van der Waals surface area contributed by atoms with Crippen LogP contribution in [-0.4, -0.2) is 33.0 Å². The van der Waals surface area contributed by atoms with Crippen LogP contribution in [0.15, 0.2) is 30.7 Å². The number of pyridine rings is 1. The van der Waals surface area contributed by atoms with Crippen LogP contribution in [0.5, 0.6) is 0 Å². The number of aryl methyl sites for hydroxylation is 1. The van der Waals surface area contributed by atoms with Crippen molar-refractivity contribution in [1.82, 2.24) is 20.1 Å². The molecule has 88 valence electrons. The topological polar surface area (TPSA) is 61.9 Å². The number of rotatable bonds is 3. The Morgan fingerprint density at radius 2 is 2.35 bits per heavy atom. The zero-order valence-electron chi connectivity index (χ0n) is 9.84. The van der Waals surface area contributed by atoms with Gasteiger partial charge >= 0.3 is 0 Å². The van der Waals surface area contributed by atoms with Gasteiger partial charge < -0.3 is 4.90 Å². The van der Waals surface area contributed by atoms with Gasteiger partial charge in [0.15, 0.2) is 0 Å². The highest BCUT2D eigenvalue weighted by atomic mass is 16.2. The number of nitrogens with one attached hydrogen (secondary N) is 1. The molecule has 0 unspecified atom stereocenters. The third-order valence-electron chi connectivity index (χ3n) is 2.47. The maximum atomic E-state index is 11.9. The SMILES string of the molecule is Cc1cc(CN(C)C(=O)c2cn[nH]c2)ccn1. The van der Waals surface area contributed by atoms with Crippen molar-refractivity contribution in [2.45, 2.75) is 13.5 Å². The Bertz CT molecular complexity index is 507. The van der Waals surface area contributed by atoms with Crippen molar-refractivity contribution >= 4 is 5.91 Å². The second-order valence-electron chi connectivity index (χ2n) is 3.95. The van der Waals surface area contributed by atoms with Crippen molar-refractivity contribution in [3.63, 3.8) is 0 Å². The summed E-state index contributed by atoms with van der Waals surface area (Å²) in [6.45, 7) is 2.49. The minimum atomic E-state index is -0.0479. The minimum absolute atomic E-state index is 0.0479. The van der Waals surface area contributed by atoms with Crippen molar-refractivity contribution in [1.29, 1.82) is 0 Å². The fraction of sp³-hybridized carbons (Fsp3) is 0.250. The smallest absolute Gasteiger partial charge is 0.257 e. The fourth-order valence-electron chi connectivity index (χ4n) is 1.64. The zero-order valence-corrected chi connectivity index (χ0v) is 9.84. The summed E-state index contributed by atoms with van der Waals surface area (Å²) < 4.78 is 0. The predicted octanol–water partition coefficient (Wildman–Crippen LogP) is 1.39. The minimum Gasteiger partial charge on any atom is -0.337 e. The van der Waals surface area contributed by atoms with Gasteiger partial charge in [-0.1, -0.05) is 0 Å². The number of hydrogen-bond donors (Lipinski definition) is 1. The molecule has 2 aromatic rings. The van der Waals surface area contributed by atoms with Crippen LogP contribution in [0.1, 0.15) is 21.6 Å². The summed E-state index contributed by atoms with van der Waals surface area (Å²) in [4.78, 5) is 17.7. The quantitative estimate of drug-likeness (QED) is 0.866. The molecule has 0 saturated heterocycles. The average molecular weight is 230 g/mol. The fourth-order valence-corrected chi connectivity index (χ4v) is 1.64. The number of carbonyl (C=O) groups is 1. The van der Waals surface area contributed by atoms with Gasteiger partial charge in [-0.25, -0.2) is 0 Å². The van der Waals surface area contributed by atoms with Crippen molar-refractivity contribution in [3.8, 4) is 0 Å². The van der Waals surface area contributed by atoms with E-state index >= 15 is 0 Å². The first-order chi connectivity index (χ1) is 8.16. The van der Waals surface area contributed by atoms with E-state index in [-0.39, 0.29) is 5.91 Å². The molecule has 5 heteroatoms. The van der Waals surface area contributed by atoms with E-state index in [2.05, 4.69) is 15.2 Å². The van der Waals surface area contributed by atoms with Gasteiger partial charge in [0.2, 0.25) is 0 Å². The summed E-state index contributed by atoms with van der Waals surface area (Å²) in [5.74, 6) is -0.0479. The molecule has 17 heavy (non-hydrogen) atoms. The summed E-state index contributed by atoms with van der Waals surface area (Å²) >= 11 is 0. The van der Waals surface area contributed by atoms with Crippen LogP contribution < -0.4 is 0 Å². The predicted molar refractivity (Wildman–Crippen MR) is 63.4 cm³/mol. The molecule has 0 aliphatic rings. The van der Waals surface area contributed by atoms with E-state index in [1.54, 1.807) is 24.3 Å². The first-order valence-electron chi connectivity index (χ1n) is 5.32. The number of carbonyl (C=O) groups excluding carboxylic acids is 1. The van der Waals surface area contributed by atoms with Gasteiger partial charge in [0, 0.05) is 31.7 Å². The van der Waals surface area contributed by atoms with Gasteiger partial charge in [-0.05, 0) is 24.6 Å². The van der Waals surface area contributed by atoms with Crippen molar-refractivity contribution < 1.29 is 4.79 Å².